The fraction of sp³-hybridized carbons (Fsp3) is 0.321. The summed E-state index contributed by atoms with van der Waals surface area (Å²) in [6, 6.07) is 13.7. The van der Waals surface area contributed by atoms with Crippen LogP contribution in [0.1, 0.15) is 31.2 Å². The van der Waals surface area contributed by atoms with Crippen LogP contribution in [0.3, 0.4) is 0 Å². The average molecular weight is 502 g/mol. The largest absolute Gasteiger partial charge is 0.497 e. The highest BCUT2D eigenvalue weighted by atomic mass is 32.2. The lowest BCUT2D eigenvalue weighted by molar-refractivity contribution is -0.113. The number of benzene rings is 2. The zero-order valence-electron chi connectivity index (χ0n) is 20.0. The molecule has 0 unspecified atom stereocenters. The third kappa shape index (κ3) is 4.30. The lowest BCUT2D eigenvalue weighted by Crippen LogP contribution is -2.38. The van der Waals surface area contributed by atoms with Crippen LogP contribution in [0.25, 0.3) is 17.0 Å². The zero-order chi connectivity index (χ0) is 24.7. The highest BCUT2D eigenvalue weighted by Gasteiger charge is 2.47. The van der Waals surface area contributed by atoms with E-state index >= 15 is 0 Å². The first kappa shape index (κ1) is 22.9. The van der Waals surface area contributed by atoms with Gasteiger partial charge in [0.2, 0.25) is 5.91 Å². The molecule has 1 saturated heterocycles. The number of pyridine rings is 1. The summed E-state index contributed by atoms with van der Waals surface area (Å²) in [5, 5.41) is 3.97. The predicted octanol–water partition coefficient (Wildman–Crippen LogP) is 5.89. The summed E-state index contributed by atoms with van der Waals surface area (Å²) in [4.78, 5) is 31.8. The zero-order valence-corrected chi connectivity index (χ0v) is 20.8. The first-order valence-electron chi connectivity index (χ1n) is 12.2. The molecule has 0 radical (unpaired) electrons. The molecule has 3 heterocycles. The summed E-state index contributed by atoms with van der Waals surface area (Å²) >= 11 is 1.51. The Kier molecular flexibility index (Phi) is 5.84. The fourth-order valence-electron chi connectivity index (χ4n) is 5.34. The Morgan fingerprint density at radius 1 is 1.17 bits per heavy atom. The Hall–Kier alpha value is -3.52. The normalized spacial score (nSPS) is 23.7. The highest BCUT2D eigenvalue weighted by Crippen LogP contribution is 2.43. The minimum Gasteiger partial charge on any atom is -0.497 e. The number of hydrogen-bond acceptors (Lipinski definition) is 6. The Balaban J connectivity index is 1.13. The molecule has 2 aromatic carbocycles. The molecule has 1 saturated carbocycles. The molecule has 8 heteroatoms. The van der Waals surface area contributed by atoms with Crippen LogP contribution < -0.4 is 15.0 Å². The summed E-state index contributed by atoms with van der Waals surface area (Å²) < 4.78 is 11.4. The summed E-state index contributed by atoms with van der Waals surface area (Å²) in [5.41, 5.74) is 3.14. The van der Waals surface area contributed by atoms with E-state index in [9.17, 15) is 9.59 Å². The SMILES string of the molecule is COc1ccc2nccc(/C=C/C3CCC4(CC3)CN(c3ccc5c(c3)NC(=O)CS5)C(=O)O4)c2c1. The number of rotatable bonds is 4. The van der Waals surface area contributed by atoms with E-state index in [1.165, 1.54) is 11.8 Å². The topological polar surface area (TPSA) is 80.8 Å². The second kappa shape index (κ2) is 9.17. The van der Waals surface area contributed by atoms with Crippen molar-refractivity contribution < 1.29 is 19.1 Å². The molecule has 2 amide bonds. The number of allylic oxidation sites excluding steroid dienone is 1. The van der Waals surface area contributed by atoms with Crippen LogP contribution in [0.15, 0.2) is 59.6 Å². The minimum absolute atomic E-state index is 0.0182. The van der Waals surface area contributed by atoms with Crippen molar-refractivity contribution in [1.29, 1.82) is 0 Å². The van der Waals surface area contributed by atoms with Gasteiger partial charge in [0.15, 0.2) is 0 Å². The molecule has 184 valence electrons. The number of aromatic nitrogens is 1. The number of ether oxygens (including phenoxy) is 2. The smallest absolute Gasteiger partial charge is 0.415 e. The van der Waals surface area contributed by atoms with Crippen LogP contribution in [-0.2, 0) is 9.53 Å². The first-order valence-corrected chi connectivity index (χ1v) is 13.2. The lowest BCUT2D eigenvalue weighted by atomic mass is 9.78. The van der Waals surface area contributed by atoms with Crippen molar-refractivity contribution in [2.75, 3.05) is 29.6 Å². The molecule has 1 spiro atoms. The van der Waals surface area contributed by atoms with Gasteiger partial charge >= 0.3 is 6.09 Å². The van der Waals surface area contributed by atoms with E-state index in [0.717, 1.165) is 64.2 Å². The third-order valence-corrected chi connectivity index (χ3v) is 8.42. The first-order chi connectivity index (χ1) is 17.5. The van der Waals surface area contributed by atoms with Gasteiger partial charge in [0, 0.05) is 22.2 Å². The number of thioether (sulfide) groups is 1. The number of nitrogens with one attached hydrogen (secondary N) is 1. The molecule has 3 aliphatic rings. The molecule has 1 aromatic heterocycles. The number of methoxy groups -OCH3 is 1. The van der Waals surface area contributed by atoms with Crippen molar-refractivity contribution in [3.05, 3.63) is 60.3 Å². The summed E-state index contributed by atoms with van der Waals surface area (Å²) in [5.74, 6) is 1.64. The van der Waals surface area contributed by atoms with Gasteiger partial charge in [-0.15, -0.1) is 11.8 Å². The summed E-state index contributed by atoms with van der Waals surface area (Å²) in [6.07, 6.45) is 9.55. The van der Waals surface area contributed by atoms with Crippen LogP contribution in [0.4, 0.5) is 16.2 Å². The Labute approximate surface area is 213 Å². The van der Waals surface area contributed by atoms with Gasteiger partial charge in [-0.25, -0.2) is 4.79 Å². The second-order valence-electron chi connectivity index (χ2n) is 9.63. The maximum Gasteiger partial charge on any atom is 0.415 e. The fourth-order valence-corrected chi connectivity index (χ4v) is 6.13. The van der Waals surface area contributed by atoms with Crippen LogP contribution in [0.5, 0.6) is 5.75 Å². The van der Waals surface area contributed by atoms with E-state index < -0.39 is 5.60 Å². The molecule has 6 rings (SSSR count). The molecule has 0 bridgehead atoms. The molecule has 7 nitrogen and oxygen atoms in total. The van der Waals surface area contributed by atoms with Crippen molar-refractivity contribution >= 4 is 52.1 Å². The van der Waals surface area contributed by atoms with Gasteiger partial charge in [0.1, 0.15) is 11.4 Å². The van der Waals surface area contributed by atoms with Gasteiger partial charge in [-0.3, -0.25) is 14.7 Å². The standard InChI is InChI=1S/C28H27N3O4S/c1-34-21-5-6-23-22(15-21)19(10-13-29-23)3-2-18-8-11-28(12-9-18)17-31(27(33)35-28)20-4-7-25-24(14-20)30-26(32)16-36-25/h2-7,10,13-15,18H,8-9,11-12,16-17H2,1H3,(H,30,32)/b3-2+. The number of amides is 2. The van der Waals surface area contributed by atoms with Crippen LogP contribution in [0.2, 0.25) is 0 Å². The van der Waals surface area contributed by atoms with Crippen LogP contribution in [0, 0.1) is 5.92 Å². The van der Waals surface area contributed by atoms with Gasteiger partial charge in [0.25, 0.3) is 0 Å². The van der Waals surface area contributed by atoms with Crippen molar-refractivity contribution in [3.63, 3.8) is 0 Å². The Morgan fingerprint density at radius 2 is 2.03 bits per heavy atom. The number of anilines is 2. The maximum atomic E-state index is 12.8. The van der Waals surface area contributed by atoms with E-state index in [-0.39, 0.29) is 12.0 Å². The number of hydrogen-bond donors (Lipinski definition) is 1. The number of carbonyl (C=O) groups excluding carboxylic acids is 2. The molecular formula is C28H27N3O4S. The van der Waals surface area contributed by atoms with Crippen molar-refractivity contribution in [3.8, 4) is 5.75 Å². The van der Waals surface area contributed by atoms with Gasteiger partial charge < -0.3 is 14.8 Å². The number of fused-ring (bicyclic) bond motifs is 2. The second-order valence-corrected chi connectivity index (χ2v) is 10.7. The van der Waals surface area contributed by atoms with E-state index in [0.29, 0.717) is 18.2 Å². The van der Waals surface area contributed by atoms with E-state index in [4.69, 9.17) is 9.47 Å². The van der Waals surface area contributed by atoms with Gasteiger partial charge in [0.05, 0.1) is 30.6 Å². The highest BCUT2D eigenvalue weighted by molar-refractivity contribution is 8.00. The monoisotopic (exact) mass is 501 g/mol. The Morgan fingerprint density at radius 3 is 2.86 bits per heavy atom. The quantitative estimate of drug-likeness (QED) is 0.480. The molecule has 2 fully saturated rings. The molecule has 1 aliphatic carbocycles. The minimum atomic E-state index is -0.452. The molecule has 0 atom stereocenters. The Bertz CT molecular complexity index is 1380. The van der Waals surface area contributed by atoms with E-state index in [1.807, 2.05) is 48.7 Å². The molecular weight excluding hydrogens is 474 g/mol. The maximum absolute atomic E-state index is 12.8. The number of nitrogens with zero attached hydrogens (tertiary/aromatic N) is 2. The average Bonchev–Trinajstić information content (AvgIpc) is 3.23. The van der Waals surface area contributed by atoms with E-state index in [1.54, 1.807) is 12.0 Å². The molecule has 2 aliphatic heterocycles. The van der Waals surface area contributed by atoms with Crippen LogP contribution >= 0.6 is 11.8 Å². The van der Waals surface area contributed by atoms with Gasteiger partial charge in [-0.2, -0.15) is 0 Å². The number of carbonyl (C=O) groups is 2. The van der Waals surface area contributed by atoms with Crippen LogP contribution in [-0.4, -0.2) is 42.0 Å². The summed E-state index contributed by atoms with van der Waals surface area (Å²) in [7, 11) is 1.67. The molecule has 36 heavy (non-hydrogen) atoms. The van der Waals surface area contributed by atoms with Crippen molar-refractivity contribution in [2.45, 2.75) is 36.2 Å². The van der Waals surface area contributed by atoms with E-state index in [2.05, 4.69) is 22.5 Å². The predicted molar refractivity (Wildman–Crippen MR) is 142 cm³/mol. The molecule has 1 N–H and O–H groups in total. The van der Waals surface area contributed by atoms with Crippen molar-refractivity contribution in [1.82, 2.24) is 4.98 Å². The third-order valence-electron chi connectivity index (χ3n) is 7.35. The summed E-state index contributed by atoms with van der Waals surface area (Å²) in [6.45, 7) is 0.539. The molecule has 3 aromatic rings. The van der Waals surface area contributed by atoms with Gasteiger partial charge in [-0.05, 0) is 79.6 Å². The van der Waals surface area contributed by atoms with Crippen molar-refractivity contribution in [2.24, 2.45) is 5.92 Å². The lowest BCUT2D eigenvalue weighted by Gasteiger charge is -2.34. The van der Waals surface area contributed by atoms with Gasteiger partial charge in [-0.1, -0.05) is 12.2 Å².